The van der Waals surface area contributed by atoms with Crippen molar-refractivity contribution in [3.05, 3.63) is 63.8 Å². The third-order valence-electron chi connectivity index (χ3n) is 5.87. The van der Waals surface area contributed by atoms with Gasteiger partial charge in [0.15, 0.2) is 11.5 Å². The molecule has 4 rings (SSSR count). The molecule has 0 aromatic heterocycles. The lowest BCUT2D eigenvalue weighted by atomic mass is 10.0. The number of methoxy groups -OCH3 is 2. The van der Waals surface area contributed by atoms with Crippen molar-refractivity contribution < 1.29 is 24.0 Å². The molecule has 10 heteroatoms. The van der Waals surface area contributed by atoms with Gasteiger partial charge in [0.2, 0.25) is 0 Å². The number of hydrogen-bond donors (Lipinski definition) is 0. The number of nitro groups is 1. The minimum absolute atomic E-state index is 0.0889. The number of anilines is 1. The first-order chi connectivity index (χ1) is 15.8. The third kappa shape index (κ3) is 4.00. The van der Waals surface area contributed by atoms with Crippen molar-refractivity contribution in [2.75, 3.05) is 52.3 Å². The molecule has 0 spiro atoms. The molecule has 0 atom stereocenters. The summed E-state index contributed by atoms with van der Waals surface area (Å²) in [6, 6.07) is 10.5. The number of hydrogen-bond acceptors (Lipinski definition) is 8. The number of nitrogens with zero attached hydrogens (tertiary/aromatic N) is 4. The summed E-state index contributed by atoms with van der Waals surface area (Å²) in [5.41, 5.74) is 1.25. The molecule has 1 fully saturated rings. The van der Waals surface area contributed by atoms with Gasteiger partial charge in [0.1, 0.15) is 5.70 Å². The molecule has 2 aromatic carbocycles. The first kappa shape index (κ1) is 22.3. The average Bonchev–Trinajstić information content (AvgIpc) is 3.09. The molecular weight excluding hydrogens is 428 g/mol. The lowest BCUT2D eigenvalue weighted by Crippen LogP contribution is -2.46. The molecule has 2 aliphatic heterocycles. The van der Waals surface area contributed by atoms with Gasteiger partial charge in [-0.1, -0.05) is 0 Å². The minimum Gasteiger partial charge on any atom is -0.493 e. The normalized spacial score (nSPS) is 17.1. The Balaban J connectivity index is 1.80. The summed E-state index contributed by atoms with van der Waals surface area (Å²) in [6.07, 6.45) is 0. The monoisotopic (exact) mass is 452 g/mol. The van der Waals surface area contributed by atoms with Crippen molar-refractivity contribution in [1.29, 1.82) is 0 Å². The molecule has 2 aliphatic rings. The second-order valence-corrected chi connectivity index (χ2v) is 7.80. The lowest BCUT2D eigenvalue weighted by molar-refractivity contribution is -0.384. The smallest absolute Gasteiger partial charge is 0.282 e. The molecule has 0 bridgehead atoms. The zero-order chi connectivity index (χ0) is 23.7. The van der Waals surface area contributed by atoms with Crippen LogP contribution in [0.3, 0.4) is 0 Å². The van der Waals surface area contributed by atoms with Crippen LogP contribution in [0, 0.1) is 10.1 Å². The molecule has 0 unspecified atom stereocenters. The van der Waals surface area contributed by atoms with Crippen molar-refractivity contribution in [3.8, 4) is 11.5 Å². The summed E-state index contributed by atoms with van der Waals surface area (Å²) in [5.74, 6) is -0.0659. The van der Waals surface area contributed by atoms with Gasteiger partial charge in [0, 0.05) is 44.4 Å². The van der Waals surface area contributed by atoms with Crippen LogP contribution in [0.2, 0.25) is 0 Å². The number of non-ortho nitro benzene ring substituents is 1. The Morgan fingerprint density at radius 1 is 0.879 bits per heavy atom. The van der Waals surface area contributed by atoms with Gasteiger partial charge in [-0.25, -0.2) is 4.90 Å². The summed E-state index contributed by atoms with van der Waals surface area (Å²) in [5, 5.41) is 11.1. The second-order valence-electron chi connectivity index (χ2n) is 7.80. The Bertz CT molecular complexity index is 1140. The molecular formula is C23H24N4O6. The average molecular weight is 452 g/mol. The maximum Gasteiger partial charge on any atom is 0.282 e. The highest BCUT2D eigenvalue weighted by Crippen LogP contribution is 2.38. The third-order valence-corrected chi connectivity index (χ3v) is 5.87. The van der Waals surface area contributed by atoms with Crippen molar-refractivity contribution in [2.24, 2.45) is 0 Å². The number of ether oxygens (including phenoxy) is 2. The standard InChI is InChI=1S/C23H24N4O6/c1-24-10-12-25(13-11-24)21-20(15-4-6-16(7-5-15)27(30)31)22(28)26(23(21)29)17-8-9-18(32-2)19(14-17)33-3/h4-9,14H,10-13H2,1-3H3. The zero-order valence-corrected chi connectivity index (χ0v) is 18.6. The first-order valence-electron chi connectivity index (χ1n) is 10.4. The zero-order valence-electron chi connectivity index (χ0n) is 18.6. The Hall–Kier alpha value is -3.92. The number of likely N-dealkylation sites (N-methyl/N-ethyl adjacent to an activating group) is 1. The van der Waals surface area contributed by atoms with E-state index in [1.54, 1.807) is 18.2 Å². The molecule has 2 amide bonds. The Labute approximate surface area is 190 Å². The molecule has 2 aromatic rings. The van der Waals surface area contributed by atoms with E-state index in [1.807, 2.05) is 11.9 Å². The molecule has 1 saturated heterocycles. The Morgan fingerprint density at radius 3 is 2.09 bits per heavy atom. The van der Waals surface area contributed by atoms with Crippen LogP contribution < -0.4 is 14.4 Å². The SMILES string of the molecule is COc1ccc(N2C(=O)C(c3ccc([N+](=O)[O-])cc3)=C(N3CCN(C)CC3)C2=O)cc1OC. The van der Waals surface area contributed by atoms with Gasteiger partial charge in [-0.05, 0) is 36.9 Å². The van der Waals surface area contributed by atoms with Gasteiger partial charge in [-0.15, -0.1) is 0 Å². The van der Waals surface area contributed by atoms with Crippen molar-refractivity contribution in [2.45, 2.75) is 0 Å². The summed E-state index contributed by atoms with van der Waals surface area (Å²) in [7, 11) is 4.98. The van der Waals surface area contributed by atoms with E-state index in [1.165, 1.54) is 38.5 Å². The first-order valence-corrected chi connectivity index (χ1v) is 10.4. The molecule has 172 valence electrons. The Morgan fingerprint density at radius 2 is 1.52 bits per heavy atom. The van der Waals surface area contributed by atoms with Gasteiger partial charge in [-0.3, -0.25) is 19.7 Å². The van der Waals surface area contributed by atoms with Crippen LogP contribution in [0.5, 0.6) is 11.5 Å². The van der Waals surface area contributed by atoms with Crippen LogP contribution in [0.25, 0.3) is 5.57 Å². The highest BCUT2D eigenvalue weighted by Gasteiger charge is 2.43. The van der Waals surface area contributed by atoms with Crippen LogP contribution in [0.4, 0.5) is 11.4 Å². The van der Waals surface area contributed by atoms with Crippen LogP contribution in [-0.2, 0) is 9.59 Å². The molecule has 2 heterocycles. The van der Waals surface area contributed by atoms with E-state index in [2.05, 4.69) is 4.90 Å². The van der Waals surface area contributed by atoms with E-state index in [0.29, 0.717) is 41.5 Å². The predicted octanol–water partition coefficient (Wildman–Crippen LogP) is 2.14. The van der Waals surface area contributed by atoms with E-state index in [4.69, 9.17) is 9.47 Å². The second kappa shape index (κ2) is 8.91. The highest BCUT2D eigenvalue weighted by atomic mass is 16.6. The maximum atomic E-state index is 13.6. The number of benzene rings is 2. The molecule has 10 nitrogen and oxygen atoms in total. The fourth-order valence-electron chi connectivity index (χ4n) is 4.05. The topological polar surface area (TPSA) is 105 Å². The van der Waals surface area contributed by atoms with Crippen molar-refractivity contribution in [3.63, 3.8) is 0 Å². The number of amides is 2. The van der Waals surface area contributed by atoms with E-state index in [0.717, 1.165) is 18.0 Å². The van der Waals surface area contributed by atoms with Crippen LogP contribution >= 0.6 is 0 Å². The molecule has 0 radical (unpaired) electrons. The van der Waals surface area contributed by atoms with E-state index < -0.39 is 16.7 Å². The number of rotatable bonds is 6. The highest BCUT2D eigenvalue weighted by molar-refractivity contribution is 6.45. The van der Waals surface area contributed by atoms with Gasteiger partial charge in [-0.2, -0.15) is 0 Å². The fraction of sp³-hybridized carbons (Fsp3) is 0.304. The predicted molar refractivity (Wildman–Crippen MR) is 121 cm³/mol. The van der Waals surface area contributed by atoms with E-state index in [9.17, 15) is 19.7 Å². The minimum atomic E-state index is -0.503. The summed E-state index contributed by atoms with van der Waals surface area (Å²) in [6.45, 7) is 2.66. The number of carbonyl (C=O) groups excluding carboxylic acids is 2. The van der Waals surface area contributed by atoms with Crippen molar-refractivity contribution in [1.82, 2.24) is 9.80 Å². The fourth-order valence-corrected chi connectivity index (χ4v) is 4.05. The van der Waals surface area contributed by atoms with Gasteiger partial charge < -0.3 is 19.3 Å². The summed E-state index contributed by atoms with van der Waals surface area (Å²) in [4.78, 5) is 43.0. The van der Waals surface area contributed by atoms with Gasteiger partial charge in [0.05, 0.1) is 30.4 Å². The number of piperazine rings is 1. The van der Waals surface area contributed by atoms with E-state index in [-0.39, 0.29) is 11.3 Å². The Kier molecular flexibility index (Phi) is 6.01. The summed E-state index contributed by atoms with van der Waals surface area (Å²) >= 11 is 0. The summed E-state index contributed by atoms with van der Waals surface area (Å²) < 4.78 is 10.6. The van der Waals surface area contributed by atoms with Crippen LogP contribution in [0.15, 0.2) is 48.2 Å². The molecule has 33 heavy (non-hydrogen) atoms. The quantitative estimate of drug-likeness (QED) is 0.373. The maximum absolute atomic E-state index is 13.6. The van der Waals surface area contributed by atoms with E-state index >= 15 is 0 Å². The lowest BCUT2D eigenvalue weighted by Gasteiger charge is -2.34. The number of imide groups is 1. The number of nitro benzene ring substituents is 1. The molecule has 0 aliphatic carbocycles. The van der Waals surface area contributed by atoms with Crippen molar-refractivity contribution >= 4 is 28.8 Å². The van der Waals surface area contributed by atoms with Crippen LogP contribution in [0.1, 0.15) is 5.56 Å². The van der Waals surface area contributed by atoms with Crippen LogP contribution in [-0.4, -0.2) is 74.0 Å². The number of carbonyl (C=O) groups is 2. The van der Waals surface area contributed by atoms with Gasteiger partial charge in [0.25, 0.3) is 17.5 Å². The molecule has 0 N–H and O–H groups in total. The molecule has 0 saturated carbocycles. The van der Waals surface area contributed by atoms with Gasteiger partial charge >= 0.3 is 0 Å². The largest absolute Gasteiger partial charge is 0.493 e.